The zero-order valence-electron chi connectivity index (χ0n) is 11.8. The normalized spacial score (nSPS) is 16.2. The Morgan fingerprint density at radius 2 is 1.95 bits per heavy atom. The molecule has 1 heterocycles. The first kappa shape index (κ1) is 14.5. The summed E-state index contributed by atoms with van der Waals surface area (Å²) in [6.07, 6.45) is 0. The lowest BCUT2D eigenvalue weighted by molar-refractivity contribution is -0.384. The van der Waals surface area contributed by atoms with E-state index in [4.69, 9.17) is 0 Å². The third kappa shape index (κ3) is 2.96. The smallest absolute Gasteiger partial charge is 0.293 e. The maximum absolute atomic E-state index is 11.3. The molecule has 0 unspecified atom stereocenters. The molecular formula is C14H19N3O3. The zero-order chi connectivity index (χ0) is 14.7. The van der Waals surface area contributed by atoms with Gasteiger partial charge in [-0.3, -0.25) is 14.9 Å². The molecule has 0 saturated carbocycles. The number of nitro benzene ring substituents is 1. The molecular weight excluding hydrogens is 258 g/mol. The Balaban J connectivity index is 2.27. The maximum Gasteiger partial charge on any atom is 0.293 e. The SMILES string of the molecule is CCN1CCN(c2ccc(C(C)=O)cc2[N+](=O)[O-])CC1. The van der Waals surface area contributed by atoms with E-state index in [-0.39, 0.29) is 11.5 Å². The van der Waals surface area contributed by atoms with Gasteiger partial charge in [0.15, 0.2) is 5.78 Å². The molecule has 0 N–H and O–H groups in total. The summed E-state index contributed by atoms with van der Waals surface area (Å²) in [5.74, 6) is -0.157. The van der Waals surface area contributed by atoms with Gasteiger partial charge in [-0.05, 0) is 25.6 Å². The van der Waals surface area contributed by atoms with Crippen molar-refractivity contribution in [1.82, 2.24) is 4.90 Å². The van der Waals surface area contributed by atoms with Crippen LogP contribution in [0.2, 0.25) is 0 Å². The number of nitro groups is 1. The molecule has 1 aliphatic heterocycles. The summed E-state index contributed by atoms with van der Waals surface area (Å²) < 4.78 is 0. The number of hydrogen-bond acceptors (Lipinski definition) is 5. The van der Waals surface area contributed by atoms with Gasteiger partial charge in [-0.1, -0.05) is 6.92 Å². The summed E-state index contributed by atoms with van der Waals surface area (Å²) >= 11 is 0. The van der Waals surface area contributed by atoms with Gasteiger partial charge in [0, 0.05) is 37.8 Å². The second-order valence-electron chi connectivity index (χ2n) is 4.94. The highest BCUT2D eigenvalue weighted by atomic mass is 16.6. The first-order valence-electron chi connectivity index (χ1n) is 6.79. The van der Waals surface area contributed by atoms with Gasteiger partial charge in [-0.15, -0.1) is 0 Å². The van der Waals surface area contributed by atoms with Crippen molar-refractivity contribution in [1.29, 1.82) is 0 Å². The number of carbonyl (C=O) groups excluding carboxylic acids is 1. The standard InChI is InChI=1S/C14H19N3O3/c1-3-15-6-8-16(9-7-15)13-5-4-12(11(2)18)10-14(13)17(19)20/h4-5,10H,3,6-9H2,1-2H3. The van der Waals surface area contributed by atoms with Crippen molar-refractivity contribution in [2.75, 3.05) is 37.6 Å². The molecule has 2 rings (SSSR count). The van der Waals surface area contributed by atoms with Crippen molar-refractivity contribution in [3.05, 3.63) is 33.9 Å². The average Bonchev–Trinajstić information content (AvgIpc) is 2.46. The molecule has 0 aliphatic carbocycles. The number of nitrogens with zero attached hydrogens (tertiary/aromatic N) is 3. The van der Waals surface area contributed by atoms with Gasteiger partial charge in [0.1, 0.15) is 5.69 Å². The fraction of sp³-hybridized carbons (Fsp3) is 0.500. The third-order valence-corrected chi connectivity index (χ3v) is 3.74. The Kier molecular flexibility index (Phi) is 4.34. The van der Waals surface area contributed by atoms with E-state index in [0.29, 0.717) is 11.3 Å². The van der Waals surface area contributed by atoms with Crippen LogP contribution in [0.15, 0.2) is 18.2 Å². The molecule has 1 aliphatic rings. The molecule has 0 spiro atoms. The van der Waals surface area contributed by atoms with Crippen LogP contribution in [0.25, 0.3) is 0 Å². The summed E-state index contributed by atoms with van der Waals surface area (Å²) in [5, 5.41) is 11.2. The predicted octanol–water partition coefficient (Wildman–Crippen LogP) is 1.94. The first-order chi connectivity index (χ1) is 9.52. The molecule has 20 heavy (non-hydrogen) atoms. The minimum Gasteiger partial charge on any atom is -0.363 e. The molecule has 6 heteroatoms. The summed E-state index contributed by atoms with van der Waals surface area (Å²) in [5.41, 5.74) is 1.01. The van der Waals surface area contributed by atoms with Crippen LogP contribution in [0, 0.1) is 10.1 Å². The van der Waals surface area contributed by atoms with Crippen LogP contribution in [-0.4, -0.2) is 48.3 Å². The number of Topliss-reactive ketones (excluding diaryl/α,β-unsaturated/α-hetero) is 1. The molecule has 0 bridgehead atoms. The van der Waals surface area contributed by atoms with E-state index in [1.807, 2.05) is 4.90 Å². The number of ketones is 1. The Hall–Kier alpha value is -1.95. The predicted molar refractivity (Wildman–Crippen MR) is 77.4 cm³/mol. The number of piperazine rings is 1. The highest BCUT2D eigenvalue weighted by Crippen LogP contribution is 2.30. The van der Waals surface area contributed by atoms with E-state index in [1.165, 1.54) is 13.0 Å². The minimum absolute atomic E-state index is 0.0163. The molecule has 1 aromatic rings. The fourth-order valence-electron chi connectivity index (χ4n) is 2.46. The molecule has 0 aromatic heterocycles. The van der Waals surface area contributed by atoms with Crippen LogP contribution in [0.5, 0.6) is 0 Å². The fourth-order valence-corrected chi connectivity index (χ4v) is 2.46. The zero-order valence-corrected chi connectivity index (χ0v) is 11.8. The quantitative estimate of drug-likeness (QED) is 0.478. The number of hydrogen-bond donors (Lipinski definition) is 0. The van der Waals surface area contributed by atoms with Gasteiger partial charge in [0.2, 0.25) is 0 Å². The molecule has 108 valence electrons. The topological polar surface area (TPSA) is 66.7 Å². The second kappa shape index (κ2) is 6.00. The summed E-state index contributed by atoms with van der Waals surface area (Å²) in [7, 11) is 0. The second-order valence-corrected chi connectivity index (χ2v) is 4.94. The van der Waals surface area contributed by atoms with Crippen molar-refractivity contribution in [3.8, 4) is 0 Å². The molecule has 1 aromatic carbocycles. The van der Waals surface area contributed by atoms with Crippen LogP contribution in [0.1, 0.15) is 24.2 Å². The van der Waals surface area contributed by atoms with Gasteiger partial charge < -0.3 is 9.80 Å². The maximum atomic E-state index is 11.3. The Morgan fingerprint density at radius 1 is 1.30 bits per heavy atom. The molecule has 0 amide bonds. The summed E-state index contributed by atoms with van der Waals surface area (Å²) in [4.78, 5) is 26.5. The first-order valence-corrected chi connectivity index (χ1v) is 6.79. The number of benzene rings is 1. The van der Waals surface area contributed by atoms with Crippen LogP contribution >= 0.6 is 0 Å². The molecule has 1 saturated heterocycles. The molecule has 6 nitrogen and oxygen atoms in total. The van der Waals surface area contributed by atoms with Gasteiger partial charge in [0.05, 0.1) is 4.92 Å². The average molecular weight is 277 g/mol. The van der Waals surface area contributed by atoms with Crippen molar-refractivity contribution in [2.24, 2.45) is 0 Å². The van der Waals surface area contributed by atoms with E-state index < -0.39 is 4.92 Å². The van der Waals surface area contributed by atoms with Gasteiger partial charge in [-0.2, -0.15) is 0 Å². The van der Waals surface area contributed by atoms with E-state index in [2.05, 4.69) is 11.8 Å². The van der Waals surface area contributed by atoms with Crippen LogP contribution < -0.4 is 4.90 Å². The van der Waals surface area contributed by atoms with Crippen molar-refractivity contribution < 1.29 is 9.72 Å². The van der Waals surface area contributed by atoms with Crippen LogP contribution in [-0.2, 0) is 0 Å². The van der Waals surface area contributed by atoms with E-state index >= 15 is 0 Å². The van der Waals surface area contributed by atoms with E-state index in [0.717, 1.165) is 32.7 Å². The summed E-state index contributed by atoms with van der Waals surface area (Å²) in [6, 6.07) is 4.73. The minimum atomic E-state index is -0.409. The van der Waals surface area contributed by atoms with Gasteiger partial charge >= 0.3 is 0 Å². The number of anilines is 1. The largest absolute Gasteiger partial charge is 0.363 e. The Labute approximate surface area is 118 Å². The molecule has 1 fully saturated rings. The highest BCUT2D eigenvalue weighted by molar-refractivity contribution is 5.95. The van der Waals surface area contributed by atoms with E-state index in [1.54, 1.807) is 12.1 Å². The Morgan fingerprint density at radius 3 is 2.45 bits per heavy atom. The van der Waals surface area contributed by atoms with Crippen molar-refractivity contribution in [2.45, 2.75) is 13.8 Å². The van der Waals surface area contributed by atoms with Gasteiger partial charge in [-0.25, -0.2) is 0 Å². The third-order valence-electron chi connectivity index (χ3n) is 3.74. The summed E-state index contributed by atoms with van der Waals surface area (Å²) in [6.45, 7) is 7.88. The lowest BCUT2D eigenvalue weighted by atomic mass is 10.1. The number of carbonyl (C=O) groups is 1. The highest BCUT2D eigenvalue weighted by Gasteiger charge is 2.24. The number of likely N-dealkylation sites (N-methyl/N-ethyl adjacent to an activating group) is 1. The molecule has 0 radical (unpaired) electrons. The number of rotatable bonds is 4. The monoisotopic (exact) mass is 277 g/mol. The lowest BCUT2D eigenvalue weighted by Crippen LogP contribution is -2.46. The molecule has 0 atom stereocenters. The lowest BCUT2D eigenvalue weighted by Gasteiger charge is -2.35. The van der Waals surface area contributed by atoms with Crippen molar-refractivity contribution in [3.63, 3.8) is 0 Å². The van der Waals surface area contributed by atoms with Crippen molar-refractivity contribution >= 4 is 17.2 Å². The van der Waals surface area contributed by atoms with Crippen LogP contribution in [0.4, 0.5) is 11.4 Å². The Bertz CT molecular complexity index is 522. The van der Waals surface area contributed by atoms with Crippen LogP contribution in [0.3, 0.4) is 0 Å². The van der Waals surface area contributed by atoms with E-state index in [9.17, 15) is 14.9 Å². The van der Waals surface area contributed by atoms with Gasteiger partial charge in [0.25, 0.3) is 5.69 Å².